The summed E-state index contributed by atoms with van der Waals surface area (Å²) in [6.07, 6.45) is 8.87. The van der Waals surface area contributed by atoms with Crippen LogP contribution in [-0.2, 0) is 14.3 Å². The van der Waals surface area contributed by atoms with Crippen molar-refractivity contribution in [2.75, 3.05) is 13.7 Å². The molecule has 0 aromatic heterocycles. The molecule has 104 valence electrons. The van der Waals surface area contributed by atoms with E-state index in [9.17, 15) is 4.79 Å². The van der Waals surface area contributed by atoms with Crippen molar-refractivity contribution in [3.05, 3.63) is 0 Å². The van der Waals surface area contributed by atoms with E-state index in [0.29, 0.717) is 11.8 Å². The van der Waals surface area contributed by atoms with E-state index >= 15 is 0 Å². The Morgan fingerprint density at radius 3 is 2.89 bits per heavy atom. The lowest BCUT2D eigenvalue weighted by Crippen LogP contribution is -2.38. The first-order valence-electron chi connectivity index (χ1n) is 7.28. The molecule has 3 saturated carbocycles. The number of carbonyl (C=O) groups excluding carboxylic acids is 1. The van der Waals surface area contributed by atoms with E-state index in [-0.39, 0.29) is 6.29 Å². The lowest BCUT2D eigenvalue weighted by molar-refractivity contribution is -0.162. The zero-order valence-corrected chi connectivity index (χ0v) is 11.7. The zero-order chi connectivity index (χ0) is 13.0. The molecule has 0 aromatic carbocycles. The van der Waals surface area contributed by atoms with Gasteiger partial charge in [-0.3, -0.25) is 0 Å². The van der Waals surface area contributed by atoms with E-state index in [1.54, 1.807) is 7.11 Å². The minimum atomic E-state index is -0.356. The van der Waals surface area contributed by atoms with Crippen molar-refractivity contribution in [3.8, 4) is 0 Å². The maximum absolute atomic E-state index is 10.5. The molecule has 3 fully saturated rings. The molecule has 0 spiro atoms. The quantitative estimate of drug-likeness (QED) is 0.539. The molecule has 3 rings (SSSR count). The van der Waals surface area contributed by atoms with Crippen LogP contribution in [-0.4, -0.2) is 26.3 Å². The van der Waals surface area contributed by atoms with Crippen LogP contribution in [0.2, 0.25) is 0 Å². The molecular weight excluding hydrogens is 228 g/mol. The number of ether oxygens (including phenoxy) is 2. The number of hydrogen-bond donors (Lipinski definition) is 0. The fraction of sp³-hybridized carbons (Fsp3) is 0.933. The molecule has 0 aliphatic heterocycles. The topological polar surface area (TPSA) is 35.5 Å². The molecule has 4 atom stereocenters. The van der Waals surface area contributed by atoms with Crippen LogP contribution < -0.4 is 0 Å². The number of methoxy groups -OCH3 is 1. The van der Waals surface area contributed by atoms with E-state index in [1.807, 2.05) is 0 Å². The summed E-state index contributed by atoms with van der Waals surface area (Å²) in [6, 6.07) is 0. The lowest BCUT2D eigenvalue weighted by atomic mass is 9.65. The Balaban J connectivity index is 1.94. The standard InChI is InChI=1S/C15H26O3/c1-12-10-13-4-3-7-15(12,8-5-13)11-18-14(17-2)6-9-16/h9,12-14H,3-8,10-11H2,1-2H3. The van der Waals surface area contributed by atoms with Crippen LogP contribution in [0, 0.1) is 17.3 Å². The Hall–Kier alpha value is -0.410. The highest BCUT2D eigenvalue weighted by atomic mass is 16.7. The van der Waals surface area contributed by atoms with Crippen LogP contribution in [0.3, 0.4) is 0 Å². The third-order valence-corrected chi connectivity index (χ3v) is 5.18. The second-order valence-corrected chi connectivity index (χ2v) is 6.17. The van der Waals surface area contributed by atoms with Crippen LogP contribution in [0.1, 0.15) is 51.9 Å². The van der Waals surface area contributed by atoms with Gasteiger partial charge in [-0.25, -0.2) is 0 Å². The monoisotopic (exact) mass is 254 g/mol. The van der Waals surface area contributed by atoms with Crippen molar-refractivity contribution in [2.24, 2.45) is 17.3 Å². The molecule has 0 amide bonds. The Bertz CT molecular complexity index is 275. The molecule has 0 N–H and O–H groups in total. The maximum Gasteiger partial charge on any atom is 0.163 e. The van der Waals surface area contributed by atoms with Gasteiger partial charge in [-0.1, -0.05) is 19.8 Å². The van der Waals surface area contributed by atoms with Gasteiger partial charge in [-0.15, -0.1) is 0 Å². The Morgan fingerprint density at radius 1 is 1.39 bits per heavy atom. The summed E-state index contributed by atoms with van der Waals surface area (Å²) < 4.78 is 11.1. The summed E-state index contributed by atoms with van der Waals surface area (Å²) in [7, 11) is 1.61. The highest BCUT2D eigenvalue weighted by Crippen LogP contribution is 2.51. The highest BCUT2D eigenvalue weighted by molar-refractivity contribution is 5.49. The second kappa shape index (κ2) is 6.16. The summed E-state index contributed by atoms with van der Waals surface area (Å²) in [6.45, 7) is 3.13. The van der Waals surface area contributed by atoms with Gasteiger partial charge in [0.05, 0.1) is 13.0 Å². The number of rotatable bonds is 6. The van der Waals surface area contributed by atoms with Crippen LogP contribution in [0.25, 0.3) is 0 Å². The van der Waals surface area contributed by atoms with Gasteiger partial charge in [0.1, 0.15) is 6.29 Å². The number of aldehydes is 1. The third kappa shape index (κ3) is 2.94. The molecule has 3 nitrogen and oxygen atoms in total. The van der Waals surface area contributed by atoms with Crippen LogP contribution in [0.15, 0.2) is 0 Å². The van der Waals surface area contributed by atoms with Crippen molar-refractivity contribution >= 4 is 6.29 Å². The van der Waals surface area contributed by atoms with Crippen LogP contribution in [0.4, 0.5) is 0 Å². The van der Waals surface area contributed by atoms with Crippen molar-refractivity contribution in [1.82, 2.24) is 0 Å². The van der Waals surface area contributed by atoms with Crippen molar-refractivity contribution in [1.29, 1.82) is 0 Å². The average molecular weight is 254 g/mol. The highest BCUT2D eigenvalue weighted by Gasteiger charge is 2.43. The lowest BCUT2D eigenvalue weighted by Gasteiger charge is -2.43. The molecule has 2 bridgehead atoms. The van der Waals surface area contributed by atoms with Gasteiger partial charge in [0.15, 0.2) is 6.29 Å². The fourth-order valence-electron chi connectivity index (χ4n) is 3.84. The van der Waals surface area contributed by atoms with Gasteiger partial charge in [0.25, 0.3) is 0 Å². The molecule has 3 heteroatoms. The van der Waals surface area contributed by atoms with E-state index in [4.69, 9.17) is 9.47 Å². The molecule has 0 aromatic rings. The van der Waals surface area contributed by atoms with Gasteiger partial charge < -0.3 is 14.3 Å². The summed E-state index contributed by atoms with van der Waals surface area (Å²) in [5.74, 6) is 1.69. The third-order valence-electron chi connectivity index (χ3n) is 5.18. The number of carbonyl (C=O) groups is 1. The summed E-state index contributed by atoms with van der Waals surface area (Å²) in [4.78, 5) is 10.5. The van der Waals surface area contributed by atoms with Crippen molar-refractivity contribution in [2.45, 2.75) is 58.2 Å². The average Bonchev–Trinajstić information content (AvgIpc) is 2.66. The van der Waals surface area contributed by atoms with Gasteiger partial charge in [-0.2, -0.15) is 0 Å². The minimum absolute atomic E-state index is 0.337. The van der Waals surface area contributed by atoms with Gasteiger partial charge in [-0.05, 0) is 42.9 Å². The summed E-state index contributed by atoms with van der Waals surface area (Å²) in [5, 5.41) is 0. The zero-order valence-electron chi connectivity index (χ0n) is 11.7. The van der Waals surface area contributed by atoms with Crippen LogP contribution >= 0.6 is 0 Å². The first-order valence-corrected chi connectivity index (χ1v) is 7.28. The molecule has 3 aliphatic carbocycles. The minimum Gasteiger partial charge on any atom is -0.355 e. The Kier molecular flexibility index (Phi) is 4.79. The molecule has 0 heterocycles. The van der Waals surface area contributed by atoms with Gasteiger partial charge >= 0.3 is 0 Å². The Morgan fingerprint density at radius 2 is 2.22 bits per heavy atom. The summed E-state index contributed by atoms with van der Waals surface area (Å²) in [5.41, 5.74) is 0.340. The van der Waals surface area contributed by atoms with Crippen LogP contribution in [0.5, 0.6) is 0 Å². The molecular formula is C15H26O3. The first-order chi connectivity index (χ1) is 8.70. The molecule has 0 saturated heterocycles. The fourth-order valence-corrected chi connectivity index (χ4v) is 3.84. The van der Waals surface area contributed by atoms with E-state index in [1.165, 1.54) is 38.5 Å². The largest absolute Gasteiger partial charge is 0.355 e. The number of hydrogen-bond acceptors (Lipinski definition) is 3. The molecule has 4 unspecified atom stereocenters. The van der Waals surface area contributed by atoms with E-state index < -0.39 is 0 Å². The normalized spacial score (nSPS) is 37.2. The Labute approximate surface area is 110 Å². The summed E-state index contributed by atoms with van der Waals surface area (Å²) >= 11 is 0. The SMILES string of the molecule is COC(CC=O)OCC12CCCC(CC1)CC2C. The molecule has 3 aliphatic rings. The van der Waals surface area contributed by atoms with Crippen molar-refractivity contribution < 1.29 is 14.3 Å². The second-order valence-electron chi connectivity index (χ2n) is 6.17. The smallest absolute Gasteiger partial charge is 0.163 e. The van der Waals surface area contributed by atoms with Gasteiger partial charge in [0, 0.05) is 7.11 Å². The van der Waals surface area contributed by atoms with Gasteiger partial charge in [0.2, 0.25) is 0 Å². The first kappa shape index (κ1) is 14.0. The van der Waals surface area contributed by atoms with E-state index in [0.717, 1.165) is 24.7 Å². The predicted octanol–water partition coefficient (Wildman–Crippen LogP) is 3.17. The maximum atomic E-state index is 10.5. The molecule has 0 radical (unpaired) electrons. The van der Waals surface area contributed by atoms with E-state index in [2.05, 4.69) is 6.92 Å². The predicted molar refractivity (Wildman–Crippen MR) is 70.2 cm³/mol. The number of fused-ring (bicyclic) bond motifs is 4. The molecule has 18 heavy (non-hydrogen) atoms. The van der Waals surface area contributed by atoms with Crippen molar-refractivity contribution in [3.63, 3.8) is 0 Å².